The summed E-state index contributed by atoms with van der Waals surface area (Å²) in [5, 5.41) is 17.1. The van der Waals surface area contributed by atoms with Crippen LogP contribution < -0.4 is 10.6 Å². The molecule has 0 spiro atoms. The van der Waals surface area contributed by atoms with E-state index in [0.29, 0.717) is 11.6 Å². The van der Waals surface area contributed by atoms with Crippen LogP contribution in [-0.4, -0.2) is 53.5 Å². The van der Waals surface area contributed by atoms with Crippen LogP contribution in [0.4, 0.5) is 17.5 Å². The highest BCUT2D eigenvalue weighted by molar-refractivity contribution is 5.61. The first kappa shape index (κ1) is 16.1. The number of aromatic nitrogens is 2. The van der Waals surface area contributed by atoms with Crippen LogP contribution in [0.5, 0.6) is 0 Å². The van der Waals surface area contributed by atoms with Gasteiger partial charge in [-0.15, -0.1) is 0 Å². The first-order valence-corrected chi connectivity index (χ1v) is 6.47. The fraction of sp³-hybridized carbons (Fsp3) is 0.667. The van der Waals surface area contributed by atoms with E-state index in [1.165, 1.54) is 0 Å². The molecule has 1 atom stereocenters. The van der Waals surface area contributed by atoms with Crippen molar-refractivity contribution in [3.8, 4) is 0 Å². The zero-order valence-electron chi connectivity index (χ0n) is 12.6. The van der Waals surface area contributed by atoms with Gasteiger partial charge in [-0.2, -0.15) is 4.98 Å². The molecule has 0 bridgehead atoms. The van der Waals surface area contributed by atoms with Crippen molar-refractivity contribution in [2.75, 3.05) is 38.3 Å². The molecule has 0 saturated heterocycles. The summed E-state index contributed by atoms with van der Waals surface area (Å²) in [6.07, 6.45) is 0.863. The molecule has 0 fully saturated rings. The summed E-state index contributed by atoms with van der Waals surface area (Å²) in [5.74, 6) is 0.633. The Labute approximate surface area is 118 Å². The van der Waals surface area contributed by atoms with Gasteiger partial charge in [0.25, 0.3) is 0 Å². The zero-order valence-corrected chi connectivity index (χ0v) is 12.6. The lowest BCUT2D eigenvalue weighted by atomic mass is 10.2. The Morgan fingerprint density at radius 2 is 2.05 bits per heavy atom. The fourth-order valence-electron chi connectivity index (χ4n) is 1.76. The van der Waals surface area contributed by atoms with E-state index in [0.717, 1.165) is 13.0 Å². The Hall–Kier alpha value is -1.96. The molecular formula is C12H22N6O2. The van der Waals surface area contributed by atoms with Crippen molar-refractivity contribution >= 4 is 17.5 Å². The Morgan fingerprint density at radius 1 is 1.40 bits per heavy atom. The van der Waals surface area contributed by atoms with Gasteiger partial charge >= 0.3 is 5.69 Å². The minimum absolute atomic E-state index is 0.0688. The summed E-state index contributed by atoms with van der Waals surface area (Å²) in [6, 6.07) is 0.0788. The van der Waals surface area contributed by atoms with Gasteiger partial charge in [0.15, 0.2) is 0 Å². The Kier molecular flexibility index (Phi) is 5.63. The predicted octanol–water partition coefficient (Wildman–Crippen LogP) is 1.49. The topological polar surface area (TPSA) is 96.2 Å². The van der Waals surface area contributed by atoms with Crippen molar-refractivity contribution < 1.29 is 4.92 Å². The predicted molar refractivity (Wildman–Crippen MR) is 79.2 cm³/mol. The quantitative estimate of drug-likeness (QED) is 0.577. The van der Waals surface area contributed by atoms with Gasteiger partial charge in [-0.1, -0.05) is 0 Å². The summed E-state index contributed by atoms with van der Waals surface area (Å²) < 4.78 is 0. The monoisotopic (exact) mass is 282 g/mol. The van der Waals surface area contributed by atoms with Crippen LogP contribution in [0.1, 0.15) is 19.0 Å². The van der Waals surface area contributed by atoms with Crippen molar-refractivity contribution in [2.24, 2.45) is 0 Å². The number of aryl methyl sites for hydroxylation is 1. The highest BCUT2D eigenvalue weighted by Gasteiger charge is 2.22. The van der Waals surface area contributed by atoms with Gasteiger partial charge in [0, 0.05) is 13.1 Å². The maximum absolute atomic E-state index is 11.1. The minimum atomic E-state index is -0.449. The van der Waals surface area contributed by atoms with Crippen molar-refractivity contribution in [3.63, 3.8) is 0 Å². The zero-order chi connectivity index (χ0) is 15.3. The lowest BCUT2D eigenvalue weighted by Gasteiger charge is -2.17. The average molecular weight is 282 g/mol. The summed E-state index contributed by atoms with van der Waals surface area (Å²) in [6.45, 7) is 4.48. The Bertz CT molecular complexity index is 477. The van der Waals surface area contributed by atoms with Crippen LogP contribution >= 0.6 is 0 Å². The van der Waals surface area contributed by atoms with E-state index >= 15 is 0 Å². The van der Waals surface area contributed by atoms with E-state index in [2.05, 4.69) is 25.5 Å². The van der Waals surface area contributed by atoms with Crippen LogP contribution in [0, 0.1) is 17.0 Å². The molecule has 0 aliphatic heterocycles. The van der Waals surface area contributed by atoms with Gasteiger partial charge < -0.3 is 15.5 Å². The van der Waals surface area contributed by atoms with Gasteiger partial charge in [-0.3, -0.25) is 10.1 Å². The van der Waals surface area contributed by atoms with Crippen molar-refractivity contribution in [1.82, 2.24) is 14.9 Å². The molecular weight excluding hydrogens is 260 g/mol. The molecule has 0 aliphatic carbocycles. The van der Waals surface area contributed by atoms with Gasteiger partial charge in [0.05, 0.1) is 4.92 Å². The molecule has 8 nitrogen and oxygen atoms in total. The van der Waals surface area contributed by atoms with Crippen LogP contribution in [-0.2, 0) is 0 Å². The third-order valence-corrected chi connectivity index (χ3v) is 2.86. The highest BCUT2D eigenvalue weighted by atomic mass is 16.6. The molecule has 1 heterocycles. The second-order valence-electron chi connectivity index (χ2n) is 4.97. The molecule has 0 amide bonds. The number of hydrogen-bond donors (Lipinski definition) is 2. The normalized spacial score (nSPS) is 12.3. The van der Waals surface area contributed by atoms with Crippen molar-refractivity contribution in [3.05, 3.63) is 15.8 Å². The van der Waals surface area contributed by atoms with Crippen LogP contribution in [0.25, 0.3) is 0 Å². The van der Waals surface area contributed by atoms with E-state index in [-0.39, 0.29) is 17.5 Å². The fourth-order valence-corrected chi connectivity index (χ4v) is 1.76. The van der Waals surface area contributed by atoms with E-state index in [1.807, 2.05) is 21.0 Å². The number of nitrogens with zero attached hydrogens (tertiary/aromatic N) is 4. The molecule has 1 unspecified atom stereocenters. The van der Waals surface area contributed by atoms with Gasteiger partial charge in [0.2, 0.25) is 11.8 Å². The number of nitrogens with one attached hydrogen (secondary N) is 2. The maximum atomic E-state index is 11.1. The molecule has 112 valence electrons. The SMILES string of the molecule is CNc1nc(C)c([N+](=O)[O-])c(NC(C)CCN(C)C)n1. The van der Waals surface area contributed by atoms with Crippen LogP contribution in [0.15, 0.2) is 0 Å². The summed E-state index contributed by atoms with van der Waals surface area (Å²) in [5.41, 5.74) is 0.275. The van der Waals surface area contributed by atoms with Gasteiger partial charge in [-0.25, -0.2) is 4.98 Å². The summed E-state index contributed by atoms with van der Waals surface area (Å²) >= 11 is 0. The van der Waals surface area contributed by atoms with E-state index < -0.39 is 4.92 Å². The number of nitro groups is 1. The minimum Gasteiger partial charge on any atom is -0.362 e. The first-order valence-electron chi connectivity index (χ1n) is 6.47. The van der Waals surface area contributed by atoms with E-state index in [9.17, 15) is 10.1 Å². The standard InChI is InChI=1S/C12H22N6O2/c1-8(6-7-17(4)5)14-11-10(18(19)20)9(2)15-12(13-3)16-11/h8H,6-7H2,1-5H3,(H2,13,14,15,16). The molecule has 1 rings (SSSR count). The molecule has 0 saturated carbocycles. The average Bonchev–Trinajstić information content (AvgIpc) is 2.35. The van der Waals surface area contributed by atoms with E-state index in [4.69, 9.17) is 0 Å². The number of anilines is 2. The Balaban J connectivity index is 2.96. The lowest BCUT2D eigenvalue weighted by Crippen LogP contribution is -2.24. The highest BCUT2D eigenvalue weighted by Crippen LogP contribution is 2.27. The number of rotatable bonds is 7. The molecule has 0 aliphatic rings. The molecule has 2 N–H and O–H groups in total. The smallest absolute Gasteiger partial charge is 0.332 e. The molecule has 0 aromatic carbocycles. The van der Waals surface area contributed by atoms with Crippen LogP contribution in [0.2, 0.25) is 0 Å². The second kappa shape index (κ2) is 6.99. The summed E-state index contributed by atoms with van der Waals surface area (Å²) in [4.78, 5) is 21.0. The molecule has 1 aromatic rings. The third-order valence-electron chi connectivity index (χ3n) is 2.86. The van der Waals surface area contributed by atoms with Gasteiger partial charge in [0.1, 0.15) is 5.69 Å². The third kappa shape index (κ3) is 4.30. The van der Waals surface area contributed by atoms with Crippen molar-refractivity contribution in [2.45, 2.75) is 26.3 Å². The van der Waals surface area contributed by atoms with Crippen molar-refractivity contribution in [1.29, 1.82) is 0 Å². The van der Waals surface area contributed by atoms with E-state index in [1.54, 1.807) is 14.0 Å². The molecule has 20 heavy (non-hydrogen) atoms. The maximum Gasteiger partial charge on any atom is 0.332 e. The number of hydrogen-bond acceptors (Lipinski definition) is 7. The molecule has 0 radical (unpaired) electrons. The lowest BCUT2D eigenvalue weighted by molar-refractivity contribution is -0.385. The largest absolute Gasteiger partial charge is 0.362 e. The van der Waals surface area contributed by atoms with Crippen LogP contribution in [0.3, 0.4) is 0 Å². The summed E-state index contributed by atoms with van der Waals surface area (Å²) in [7, 11) is 5.66. The second-order valence-corrected chi connectivity index (χ2v) is 4.97. The van der Waals surface area contributed by atoms with Gasteiger partial charge in [-0.05, 0) is 40.9 Å². The Morgan fingerprint density at radius 3 is 2.55 bits per heavy atom. The first-order chi connectivity index (χ1) is 9.35. The molecule has 1 aromatic heterocycles. The molecule has 8 heteroatoms.